The lowest BCUT2D eigenvalue weighted by Crippen LogP contribution is -2.20. The van der Waals surface area contributed by atoms with E-state index in [1.54, 1.807) is 0 Å². The van der Waals surface area contributed by atoms with E-state index in [0.717, 1.165) is 7.11 Å². The Kier molecular flexibility index (Phi) is 4.61. The van der Waals surface area contributed by atoms with Gasteiger partial charge >= 0.3 is 12.1 Å². The lowest BCUT2D eigenvalue weighted by atomic mass is 10.3. The highest BCUT2D eigenvalue weighted by Crippen LogP contribution is 2.27. The molecule has 0 amide bonds. The highest BCUT2D eigenvalue weighted by atomic mass is 35.5. The van der Waals surface area contributed by atoms with Crippen molar-refractivity contribution >= 4 is 23.3 Å². The van der Waals surface area contributed by atoms with Crippen LogP contribution in [0.25, 0.3) is 0 Å². The predicted molar refractivity (Wildman–Crippen MR) is 61.2 cm³/mol. The molecule has 98 valence electrons. The number of hydrogen-bond donors (Lipinski definition) is 1. The van der Waals surface area contributed by atoms with Crippen molar-refractivity contribution in [2.75, 3.05) is 12.4 Å². The summed E-state index contributed by atoms with van der Waals surface area (Å²) in [5.41, 5.74) is -1.11. The van der Waals surface area contributed by atoms with Crippen LogP contribution in [0.2, 0.25) is 5.02 Å². The quantitative estimate of drug-likeness (QED) is 0.681. The van der Waals surface area contributed by atoms with Gasteiger partial charge < -0.3 is 10.1 Å². The third-order valence-corrected chi connectivity index (χ3v) is 2.11. The molecule has 1 rings (SSSR count). The number of hydrogen-bond acceptors (Lipinski definition) is 3. The van der Waals surface area contributed by atoms with Crippen molar-refractivity contribution < 1.29 is 22.7 Å². The first-order valence-electron chi connectivity index (χ1n) is 4.72. The molecule has 1 aromatic rings. The van der Waals surface area contributed by atoms with E-state index in [-0.39, 0.29) is 10.7 Å². The summed E-state index contributed by atoms with van der Waals surface area (Å²) in [6, 6.07) is 5.70. The van der Waals surface area contributed by atoms with Gasteiger partial charge in [0.15, 0.2) is 0 Å². The van der Waals surface area contributed by atoms with Crippen LogP contribution in [0, 0.1) is 0 Å². The van der Waals surface area contributed by atoms with E-state index in [1.807, 2.05) is 0 Å². The van der Waals surface area contributed by atoms with Crippen LogP contribution in [-0.4, -0.2) is 19.3 Å². The van der Waals surface area contributed by atoms with E-state index in [9.17, 15) is 18.0 Å². The molecular weight excluding hydrogens is 271 g/mol. The van der Waals surface area contributed by atoms with Crippen LogP contribution in [0.15, 0.2) is 36.0 Å². The van der Waals surface area contributed by atoms with Crippen molar-refractivity contribution in [2.24, 2.45) is 0 Å². The van der Waals surface area contributed by atoms with Gasteiger partial charge in [-0.2, -0.15) is 13.2 Å². The van der Waals surface area contributed by atoms with Crippen LogP contribution >= 0.6 is 11.6 Å². The first kappa shape index (κ1) is 14.4. The minimum atomic E-state index is -4.70. The number of methoxy groups -OCH3 is 1. The maximum Gasteiger partial charge on any atom is 0.431 e. The number of ether oxygens (including phenoxy) is 1. The summed E-state index contributed by atoms with van der Waals surface area (Å²) in [5.74, 6) is -1.10. The second-order valence-electron chi connectivity index (χ2n) is 3.21. The number of carbonyl (C=O) groups is 1. The van der Waals surface area contributed by atoms with E-state index in [4.69, 9.17) is 11.6 Å². The van der Waals surface area contributed by atoms with E-state index in [2.05, 4.69) is 10.1 Å². The largest absolute Gasteiger partial charge is 0.466 e. The van der Waals surface area contributed by atoms with Crippen molar-refractivity contribution in [1.29, 1.82) is 0 Å². The van der Waals surface area contributed by atoms with Gasteiger partial charge in [0.1, 0.15) is 5.70 Å². The van der Waals surface area contributed by atoms with Crippen LogP contribution in [0.4, 0.5) is 18.9 Å². The number of anilines is 1. The fourth-order valence-corrected chi connectivity index (χ4v) is 1.28. The van der Waals surface area contributed by atoms with Gasteiger partial charge in [0, 0.05) is 10.7 Å². The molecule has 0 heterocycles. The Balaban J connectivity index is 3.00. The van der Waals surface area contributed by atoms with Crippen molar-refractivity contribution in [1.82, 2.24) is 0 Å². The van der Waals surface area contributed by atoms with Gasteiger partial charge in [-0.25, -0.2) is 4.79 Å². The Labute approximate surface area is 106 Å². The summed E-state index contributed by atoms with van der Waals surface area (Å²) in [4.78, 5) is 10.9. The first-order chi connectivity index (χ1) is 8.32. The van der Waals surface area contributed by atoms with Crippen molar-refractivity contribution in [2.45, 2.75) is 6.18 Å². The van der Waals surface area contributed by atoms with Gasteiger partial charge in [-0.05, 0) is 18.2 Å². The molecule has 0 radical (unpaired) electrons. The molecule has 0 saturated carbocycles. The highest BCUT2D eigenvalue weighted by Gasteiger charge is 2.34. The minimum Gasteiger partial charge on any atom is -0.466 e. The van der Waals surface area contributed by atoms with Crippen molar-refractivity contribution in [3.63, 3.8) is 0 Å². The van der Waals surface area contributed by atoms with Gasteiger partial charge in [0.25, 0.3) is 0 Å². The average molecular weight is 280 g/mol. The van der Waals surface area contributed by atoms with Crippen LogP contribution in [0.5, 0.6) is 0 Å². The summed E-state index contributed by atoms with van der Waals surface area (Å²) in [5, 5.41) is 2.35. The number of nitrogens with one attached hydrogen (secondary N) is 1. The molecule has 0 aliphatic carbocycles. The Hall–Kier alpha value is -1.69. The molecule has 0 atom stereocenters. The van der Waals surface area contributed by atoms with Crippen LogP contribution in [0.3, 0.4) is 0 Å². The highest BCUT2D eigenvalue weighted by molar-refractivity contribution is 6.30. The fraction of sp³-hybridized carbons (Fsp3) is 0.182. The molecule has 1 aromatic carbocycles. The number of benzene rings is 1. The number of alkyl halides is 3. The second-order valence-corrected chi connectivity index (χ2v) is 3.65. The third-order valence-electron chi connectivity index (χ3n) is 1.87. The zero-order valence-electron chi connectivity index (χ0n) is 9.22. The molecule has 0 unspecified atom stereocenters. The van der Waals surface area contributed by atoms with Gasteiger partial charge in [-0.1, -0.05) is 17.7 Å². The third kappa shape index (κ3) is 4.29. The molecule has 18 heavy (non-hydrogen) atoms. The van der Waals surface area contributed by atoms with Gasteiger partial charge in [-0.3, -0.25) is 0 Å². The number of carbonyl (C=O) groups excluding carboxylic acids is 1. The average Bonchev–Trinajstić information content (AvgIpc) is 2.26. The molecule has 0 bridgehead atoms. The fourth-order valence-electron chi connectivity index (χ4n) is 1.09. The Morgan fingerprint density at radius 1 is 1.44 bits per heavy atom. The smallest absolute Gasteiger partial charge is 0.431 e. The topological polar surface area (TPSA) is 38.3 Å². The van der Waals surface area contributed by atoms with Crippen molar-refractivity contribution in [3.8, 4) is 0 Å². The van der Waals surface area contributed by atoms with Gasteiger partial charge in [0.05, 0.1) is 13.2 Å². The van der Waals surface area contributed by atoms with E-state index in [0.29, 0.717) is 6.08 Å². The lowest BCUT2D eigenvalue weighted by Gasteiger charge is -2.14. The maximum atomic E-state index is 12.6. The molecule has 7 heteroatoms. The van der Waals surface area contributed by atoms with Crippen LogP contribution in [0.1, 0.15) is 0 Å². The molecule has 0 aromatic heterocycles. The summed E-state index contributed by atoms with van der Waals surface area (Å²) >= 11 is 5.64. The number of allylic oxidation sites excluding steroid dienone is 1. The standard InChI is InChI=1S/C11H9ClF3NO2/c1-18-10(17)6-9(11(13,14)15)16-8-4-2-3-7(12)5-8/h2-6,16H,1H3/b9-6-. The molecule has 0 saturated heterocycles. The SMILES string of the molecule is COC(=O)/C=C(\Nc1cccc(Cl)c1)C(F)(F)F. The zero-order chi connectivity index (χ0) is 13.8. The van der Waals surface area contributed by atoms with E-state index in [1.165, 1.54) is 24.3 Å². The summed E-state index contributed by atoms with van der Waals surface area (Å²) in [7, 11) is 0.992. The lowest BCUT2D eigenvalue weighted by molar-refractivity contribution is -0.135. The van der Waals surface area contributed by atoms with Gasteiger partial charge in [-0.15, -0.1) is 0 Å². The first-order valence-corrected chi connectivity index (χ1v) is 5.10. The molecule has 1 N–H and O–H groups in total. The monoisotopic (exact) mass is 279 g/mol. The molecule has 0 aliphatic heterocycles. The summed E-state index contributed by atoms with van der Waals surface area (Å²) in [6.07, 6.45) is -4.36. The number of rotatable bonds is 3. The maximum absolute atomic E-state index is 12.6. The molecule has 0 fully saturated rings. The zero-order valence-corrected chi connectivity index (χ0v) is 9.97. The number of halogens is 4. The molecule has 0 spiro atoms. The van der Waals surface area contributed by atoms with Crippen LogP contribution < -0.4 is 5.32 Å². The molecular formula is C11H9ClF3NO2. The van der Waals surface area contributed by atoms with E-state index >= 15 is 0 Å². The van der Waals surface area contributed by atoms with E-state index < -0.39 is 17.8 Å². The normalized spacial score (nSPS) is 12.2. The molecule has 0 aliphatic rings. The second kappa shape index (κ2) is 5.77. The molecule has 3 nitrogen and oxygen atoms in total. The van der Waals surface area contributed by atoms with Gasteiger partial charge in [0.2, 0.25) is 0 Å². The number of esters is 1. The van der Waals surface area contributed by atoms with Crippen molar-refractivity contribution in [3.05, 3.63) is 41.1 Å². The Bertz CT molecular complexity index is 472. The minimum absolute atomic E-state index is 0.120. The summed E-state index contributed by atoms with van der Waals surface area (Å²) < 4.78 is 42.1. The Morgan fingerprint density at radius 2 is 2.11 bits per heavy atom. The predicted octanol–water partition coefficient (Wildman–Crippen LogP) is 3.37. The Morgan fingerprint density at radius 3 is 2.61 bits per heavy atom. The summed E-state index contributed by atoms with van der Waals surface area (Å²) in [6.45, 7) is 0. The van der Waals surface area contributed by atoms with Crippen LogP contribution in [-0.2, 0) is 9.53 Å².